The van der Waals surface area contributed by atoms with Gasteiger partial charge in [0.1, 0.15) is 0 Å². The highest BCUT2D eigenvalue weighted by Crippen LogP contribution is 2.42. The summed E-state index contributed by atoms with van der Waals surface area (Å²) >= 11 is 6.15. The number of nitrogens with two attached hydrogens (primary N) is 1. The quantitative estimate of drug-likeness (QED) is 0.647. The maximum Gasteiger partial charge on any atom is 0.231 e. The monoisotopic (exact) mass is 255 g/mol. The molecule has 1 aromatic carbocycles. The predicted octanol–water partition coefficient (Wildman–Crippen LogP) is 2.16. The molecule has 0 saturated heterocycles. The van der Waals surface area contributed by atoms with Crippen LogP contribution in [0.1, 0.15) is 28.8 Å². The molecule has 0 saturated carbocycles. The molecule has 0 unspecified atom stereocenters. The highest BCUT2D eigenvalue weighted by Gasteiger charge is 2.24. The van der Waals surface area contributed by atoms with E-state index in [9.17, 15) is 4.79 Å². The third-order valence-electron chi connectivity index (χ3n) is 2.73. The molecule has 1 aliphatic heterocycles. The van der Waals surface area contributed by atoms with E-state index in [2.05, 4.69) is 0 Å². The average Bonchev–Trinajstić information content (AvgIpc) is 2.80. The van der Waals surface area contributed by atoms with Crippen LogP contribution in [0.2, 0.25) is 5.02 Å². The lowest BCUT2D eigenvalue weighted by atomic mass is 10.0. The Labute approximate surface area is 105 Å². The van der Waals surface area contributed by atoms with E-state index in [1.165, 1.54) is 0 Å². The molecule has 0 spiro atoms. The van der Waals surface area contributed by atoms with Crippen LogP contribution >= 0.6 is 11.6 Å². The average molecular weight is 256 g/mol. The van der Waals surface area contributed by atoms with Gasteiger partial charge in [-0.1, -0.05) is 11.6 Å². The second kappa shape index (κ2) is 5.38. The van der Waals surface area contributed by atoms with Crippen molar-refractivity contribution < 1.29 is 14.3 Å². The maximum atomic E-state index is 10.9. The van der Waals surface area contributed by atoms with Crippen LogP contribution < -0.4 is 15.2 Å². The van der Waals surface area contributed by atoms with Crippen molar-refractivity contribution in [2.24, 2.45) is 5.73 Å². The van der Waals surface area contributed by atoms with Gasteiger partial charge in [0.25, 0.3) is 0 Å². The fourth-order valence-electron chi connectivity index (χ4n) is 1.88. The Kier molecular flexibility index (Phi) is 3.86. The first-order valence-corrected chi connectivity index (χ1v) is 5.92. The maximum absolute atomic E-state index is 10.9. The predicted molar refractivity (Wildman–Crippen MR) is 65.0 cm³/mol. The Morgan fingerprint density at radius 2 is 2.12 bits per heavy atom. The number of rotatable bonds is 5. The summed E-state index contributed by atoms with van der Waals surface area (Å²) in [6, 6.07) is 1.62. The van der Waals surface area contributed by atoms with Gasteiger partial charge in [0.15, 0.2) is 17.8 Å². The number of halogens is 1. The second-order valence-electron chi connectivity index (χ2n) is 3.85. The van der Waals surface area contributed by atoms with Gasteiger partial charge in [-0.3, -0.25) is 4.79 Å². The zero-order valence-electron chi connectivity index (χ0n) is 9.37. The molecule has 0 bridgehead atoms. The van der Waals surface area contributed by atoms with E-state index in [1.54, 1.807) is 6.07 Å². The molecule has 2 N–H and O–H groups in total. The van der Waals surface area contributed by atoms with Crippen molar-refractivity contribution in [3.8, 4) is 11.5 Å². The number of carbonyl (C=O) groups is 1. The number of ether oxygens (including phenoxy) is 2. The Bertz CT molecular complexity index is 434. The van der Waals surface area contributed by atoms with Crippen LogP contribution in [0.3, 0.4) is 0 Å². The summed E-state index contributed by atoms with van der Waals surface area (Å²) in [7, 11) is 0. The number of aldehydes is 1. The van der Waals surface area contributed by atoms with Crippen molar-refractivity contribution in [2.45, 2.75) is 19.3 Å². The first-order chi connectivity index (χ1) is 8.27. The van der Waals surface area contributed by atoms with E-state index in [1.807, 2.05) is 0 Å². The molecule has 1 aliphatic rings. The van der Waals surface area contributed by atoms with E-state index in [-0.39, 0.29) is 6.79 Å². The van der Waals surface area contributed by atoms with E-state index < -0.39 is 0 Å². The van der Waals surface area contributed by atoms with Gasteiger partial charge in [0.05, 0.1) is 5.56 Å². The first kappa shape index (κ1) is 12.2. The Hall–Kier alpha value is -1.26. The first-order valence-electron chi connectivity index (χ1n) is 5.54. The van der Waals surface area contributed by atoms with Crippen molar-refractivity contribution in [2.75, 3.05) is 13.3 Å². The van der Waals surface area contributed by atoms with Crippen molar-refractivity contribution in [1.82, 2.24) is 0 Å². The SMILES string of the molecule is NCCCCc1c(Cl)cc(C=O)c2c1OCO2. The summed E-state index contributed by atoms with van der Waals surface area (Å²) in [5.74, 6) is 1.11. The van der Waals surface area contributed by atoms with Crippen LogP contribution in [0.15, 0.2) is 6.07 Å². The molecule has 1 aromatic rings. The van der Waals surface area contributed by atoms with Crippen molar-refractivity contribution >= 4 is 17.9 Å². The highest BCUT2D eigenvalue weighted by molar-refractivity contribution is 6.32. The Balaban J connectivity index is 2.32. The van der Waals surface area contributed by atoms with Crippen LogP contribution in [0, 0.1) is 0 Å². The van der Waals surface area contributed by atoms with E-state index >= 15 is 0 Å². The molecule has 0 aromatic heterocycles. The van der Waals surface area contributed by atoms with Gasteiger partial charge in [-0.25, -0.2) is 0 Å². The lowest BCUT2D eigenvalue weighted by molar-refractivity contribution is 0.111. The van der Waals surface area contributed by atoms with Crippen molar-refractivity contribution in [3.05, 3.63) is 22.2 Å². The van der Waals surface area contributed by atoms with Crippen molar-refractivity contribution in [1.29, 1.82) is 0 Å². The second-order valence-corrected chi connectivity index (χ2v) is 4.26. The number of hydrogen-bond donors (Lipinski definition) is 1. The summed E-state index contributed by atoms with van der Waals surface area (Å²) < 4.78 is 10.7. The molecule has 5 heteroatoms. The van der Waals surface area contributed by atoms with Crippen LogP contribution in [0.25, 0.3) is 0 Å². The molecule has 4 nitrogen and oxygen atoms in total. The minimum atomic E-state index is 0.139. The summed E-state index contributed by atoms with van der Waals surface area (Å²) in [5, 5.41) is 0.549. The molecule has 0 aliphatic carbocycles. The molecule has 92 valence electrons. The minimum absolute atomic E-state index is 0.139. The summed E-state index contributed by atoms with van der Waals surface area (Å²) in [4.78, 5) is 10.9. The van der Waals surface area contributed by atoms with Crippen LogP contribution in [-0.4, -0.2) is 19.6 Å². The van der Waals surface area contributed by atoms with Gasteiger partial charge in [-0.2, -0.15) is 0 Å². The summed E-state index contributed by atoms with van der Waals surface area (Å²) in [5.41, 5.74) is 6.79. The van der Waals surface area contributed by atoms with Gasteiger partial charge >= 0.3 is 0 Å². The van der Waals surface area contributed by atoms with Crippen LogP contribution in [0.4, 0.5) is 0 Å². The zero-order chi connectivity index (χ0) is 12.3. The molecule has 0 amide bonds. The minimum Gasteiger partial charge on any atom is -0.453 e. The Morgan fingerprint density at radius 1 is 1.35 bits per heavy atom. The largest absolute Gasteiger partial charge is 0.453 e. The number of benzene rings is 1. The number of fused-ring (bicyclic) bond motifs is 1. The molecule has 17 heavy (non-hydrogen) atoms. The van der Waals surface area contributed by atoms with E-state index in [0.717, 1.165) is 31.1 Å². The zero-order valence-corrected chi connectivity index (χ0v) is 10.1. The molecular weight excluding hydrogens is 242 g/mol. The van der Waals surface area contributed by atoms with Crippen LogP contribution in [-0.2, 0) is 6.42 Å². The molecule has 0 fully saturated rings. The number of carbonyl (C=O) groups excluding carboxylic acids is 1. The van der Waals surface area contributed by atoms with E-state index in [0.29, 0.717) is 28.6 Å². The smallest absolute Gasteiger partial charge is 0.231 e. The molecule has 1 heterocycles. The van der Waals surface area contributed by atoms with Crippen molar-refractivity contribution in [3.63, 3.8) is 0 Å². The lowest BCUT2D eigenvalue weighted by Crippen LogP contribution is -2.00. The van der Waals surface area contributed by atoms with Gasteiger partial charge in [0, 0.05) is 10.6 Å². The van der Waals surface area contributed by atoms with Gasteiger partial charge in [-0.05, 0) is 31.9 Å². The summed E-state index contributed by atoms with van der Waals surface area (Å²) in [6.45, 7) is 0.796. The third kappa shape index (κ3) is 2.37. The molecule has 2 rings (SSSR count). The standard InChI is InChI=1S/C12H14ClNO3/c13-10-5-8(6-15)11-12(17-7-16-11)9(10)3-1-2-4-14/h5-6H,1-4,7,14H2. The van der Waals surface area contributed by atoms with Crippen LogP contribution in [0.5, 0.6) is 11.5 Å². The van der Waals surface area contributed by atoms with E-state index in [4.69, 9.17) is 26.8 Å². The fourth-order valence-corrected chi connectivity index (χ4v) is 2.18. The molecule has 0 atom stereocenters. The number of hydrogen-bond acceptors (Lipinski definition) is 4. The van der Waals surface area contributed by atoms with Gasteiger partial charge in [-0.15, -0.1) is 0 Å². The topological polar surface area (TPSA) is 61.6 Å². The normalized spacial score (nSPS) is 12.8. The third-order valence-corrected chi connectivity index (χ3v) is 3.06. The highest BCUT2D eigenvalue weighted by atomic mass is 35.5. The number of unbranched alkanes of at least 4 members (excludes halogenated alkanes) is 1. The van der Waals surface area contributed by atoms with Gasteiger partial charge in [0.2, 0.25) is 6.79 Å². The fraction of sp³-hybridized carbons (Fsp3) is 0.417. The lowest BCUT2D eigenvalue weighted by Gasteiger charge is -2.09. The molecular formula is C12H14ClNO3. The molecule has 0 radical (unpaired) electrons. The Morgan fingerprint density at radius 3 is 2.82 bits per heavy atom. The van der Waals surface area contributed by atoms with Gasteiger partial charge < -0.3 is 15.2 Å². The summed E-state index contributed by atoms with van der Waals surface area (Å²) in [6.07, 6.45) is 3.37.